The molecule has 3 nitrogen and oxygen atoms in total. The Morgan fingerprint density at radius 2 is 1.29 bits per heavy atom. The zero-order chi connectivity index (χ0) is 21.3. The molecule has 0 unspecified atom stereocenters. The Balaban J connectivity index is 1.26. The average molecular weight is 417 g/mol. The first-order chi connectivity index (χ1) is 15.3. The van der Waals surface area contributed by atoms with Crippen molar-refractivity contribution < 1.29 is 14.7 Å². The fourth-order valence-electron chi connectivity index (χ4n) is 4.68. The Kier molecular flexibility index (Phi) is 7.89. The lowest BCUT2D eigenvalue weighted by molar-refractivity contribution is -0.909. The summed E-state index contributed by atoms with van der Waals surface area (Å²) in [5, 5.41) is 10.7. The third kappa shape index (κ3) is 6.51. The van der Waals surface area contributed by atoms with E-state index >= 15 is 0 Å². The van der Waals surface area contributed by atoms with Crippen LogP contribution in [0, 0.1) is 5.92 Å². The maximum atomic E-state index is 10.7. The number of rotatable bonds is 9. The van der Waals surface area contributed by atoms with E-state index in [1.165, 1.54) is 29.7 Å². The summed E-state index contributed by atoms with van der Waals surface area (Å²) in [5.74, 6) is 0.764. The number of aliphatic hydroxyl groups excluding tert-OH is 1. The second-order valence-corrected chi connectivity index (χ2v) is 8.78. The Morgan fingerprint density at radius 3 is 1.84 bits per heavy atom. The van der Waals surface area contributed by atoms with Crippen LogP contribution >= 0.6 is 0 Å². The highest BCUT2D eigenvalue weighted by Gasteiger charge is 2.25. The van der Waals surface area contributed by atoms with E-state index in [0.717, 1.165) is 36.7 Å². The molecule has 1 fully saturated rings. The van der Waals surface area contributed by atoms with Crippen molar-refractivity contribution in [3.8, 4) is 0 Å². The van der Waals surface area contributed by atoms with Gasteiger partial charge in [0.2, 0.25) is 0 Å². The van der Waals surface area contributed by atoms with Crippen molar-refractivity contribution in [3.05, 3.63) is 108 Å². The number of aliphatic hydroxyl groups is 1. The van der Waals surface area contributed by atoms with Gasteiger partial charge in [-0.25, -0.2) is 0 Å². The summed E-state index contributed by atoms with van der Waals surface area (Å²) in [6.07, 6.45) is 3.04. The Bertz CT molecular complexity index is 837. The molecule has 0 spiro atoms. The van der Waals surface area contributed by atoms with Gasteiger partial charge in [-0.3, -0.25) is 0 Å². The lowest BCUT2D eigenvalue weighted by Gasteiger charge is -2.31. The molecule has 0 bridgehead atoms. The number of hydrogen-bond acceptors (Lipinski definition) is 2. The highest BCUT2D eigenvalue weighted by Crippen LogP contribution is 2.25. The van der Waals surface area contributed by atoms with Crippen LogP contribution in [0.5, 0.6) is 0 Å². The van der Waals surface area contributed by atoms with Gasteiger partial charge in [0.25, 0.3) is 0 Å². The minimum atomic E-state index is -0.449. The van der Waals surface area contributed by atoms with Crippen LogP contribution in [0.2, 0.25) is 0 Å². The van der Waals surface area contributed by atoms with Crippen molar-refractivity contribution >= 4 is 0 Å². The van der Waals surface area contributed by atoms with E-state index in [1.807, 2.05) is 36.4 Å². The van der Waals surface area contributed by atoms with Crippen LogP contribution in [-0.4, -0.2) is 37.5 Å². The summed E-state index contributed by atoms with van der Waals surface area (Å²) < 4.78 is 6.25. The zero-order valence-corrected chi connectivity index (χ0v) is 18.2. The Morgan fingerprint density at radius 1 is 0.774 bits per heavy atom. The number of benzene rings is 3. The smallest absolute Gasteiger partial charge is 0.126 e. The van der Waals surface area contributed by atoms with Gasteiger partial charge in [-0.15, -0.1) is 0 Å². The first-order valence-corrected chi connectivity index (χ1v) is 11.5. The zero-order valence-electron chi connectivity index (χ0n) is 18.2. The van der Waals surface area contributed by atoms with Crippen LogP contribution in [0.1, 0.15) is 35.6 Å². The molecule has 0 aromatic heterocycles. The summed E-state index contributed by atoms with van der Waals surface area (Å²) in [4.78, 5) is 1.50. The molecule has 3 aromatic rings. The lowest BCUT2D eigenvalue weighted by atomic mass is 9.90. The molecule has 1 heterocycles. The number of piperidine rings is 1. The average Bonchev–Trinajstić information content (AvgIpc) is 2.83. The van der Waals surface area contributed by atoms with E-state index in [0.29, 0.717) is 6.61 Å². The van der Waals surface area contributed by atoms with Crippen LogP contribution in [0.4, 0.5) is 0 Å². The Hall–Kier alpha value is -2.46. The molecule has 2 N–H and O–H groups in total. The highest BCUT2D eigenvalue weighted by molar-refractivity contribution is 5.29. The summed E-state index contributed by atoms with van der Waals surface area (Å²) in [7, 11) is 0. The van der Waals surface area contributed by atoms with Crippen molar-refractivity contribution in [2.75, 3.05) is 26.2 Å². The van der Waals surface area contributed by atoms with Crippen LogP contribution in [0.15, 0.2) is 91.0 Å². The molecule has 1 atom stereocenters. The summed E-state index contributed by atoms with van der Waals surface area (Å²) in [5.41, 5.74) is 3.68. The van der Waals surface area contributed by atoms with Gasteiger partial charge in [-0.2, -0.15) is 0 Å². The molecule has 0 saturated carbocycles. The van der Waals surface area contributed by atoms with Gasteiger partial charge in [-0.1, -0.05) is 91.0 Å². The topological polar surface area (TPSA) is 33.9 Å². The molecule has 31 heavy (non-hydrogen) atoms. The van der Waals surface area contributed by atoms with Crippen LogP contribution < -0.4 is 4.90 Å². The standard InChI is InChI=1S/C28H33NO2/c30-27(21-29-18-16-24(17-19-29)20-23-10-4-1-5-11-23)22-31-28(25-12-6-2-7-13-25)26-14-8-3-9-15-26/h1-15,24,27-28,30H,16-22H2/p+1/t27-/m0/s1. The molecule has 162 valence electrons. The molecular weight excluding hydrogens is 382 g/mol. The molecular formula is C28H34NO2+. The van der Waals surface area contributed by atoms with E-state index in [9.17, 15) is 5.11 Å². The third-order valence-corrected chi connectivity index (χ3v) is 6.36. The quantitative estimate of drug-likeness (QED) is 0.558. The number of likely N-dealkylation sites (tertiary alicyclic amines) is 1. The van der Waals surface area contributed by atoms with E-state index < -0.39 is 6.10 Å². The van der Waals surface area contributed by atoms with Crippen molar-refractivity contribution in [3.63, 3.8) is 0 Å². The van der Waals surface area contributed by atoms with E-state index in [4.69, 9.17) is 4.74 Å². The fourth-order valence-corrected chi connectivity index (χ4v) is 4.68. The lowest BCUT2D eigenvalue weighted by Crippen LogP contribution is -3.14. The molecule has 0 aliphatic carbocycles. The molecule has 3 heteroatoms. The summed E-state index contributed by atoms with van der Waals surface area (Å²) in [6, 6.07) is 31.4. The van der Waals surface area contributed by atoms with Crippen LogP contribution in [-0.2, 0) is 11.2 Å². The molecule has 3 aromatic carbocycles. The first-order valence-electron chi connectivity index (χ1n) is 11.5. The first kappa shape index (κ1) is 21.8. The fraction of sp³-hybridized carbons (Fsp3) is 0.357. The predicted molar refractivity (Wildman–Crippen MR) is 125 cm³/mol. The van der Waals surface area contributed by atoms with Gasteiger partial charge in [-0.05, 0) is 41.9 Å². The minimum absolute atomic E-state index is 0.149. The number of ether oxygens (including phenoxy) is 1. The molecule has 1 aliphatic heterocycles. The SMILES string of the molecule is O[C@H](COC(c1ccccc1)c1ccccc1)C[NH+]1CCC(Cc2ccccc2)CC1. The number of nitrogens with one attached hydrogen (secondary N) is 1. The van der Waals surface area contributed by atoms with Gasteiger partial charge >= 0.3 is 0 Å². The predicted octanol–water partition coefficient (Wildman–Crippen LogP) is 3.69. The van der Waals surface area contributed by atoms with E-state index in [-0.39, 0.29) is 6.10 Å². The van der Waals surface area contributed by atoms with Gasteiger partial charge in [0.1, 0.15) is 18.8 Å². The molecule has 1 saturated heterocycles. The summed E-state index contributed by atoms with van der Waals surface area (Å²) in [6.45, 7) is 3.38. The van der Waals surface area contributed by atoms with Gasteiger partial charge < -0.3 is 14.7 Å². The van der Waals surface area contributed by atoms with Crippen molar-refractivity contribution in [2.45, 2.75) is 31.5 Å². The molecule has 0 amide bonds. The normalized spacial score (nSPS) is 19.9. The maximum absolute atomic E-state index is 10.7. The van der Waals surface area contributed by atoms with Gasteiger partial charge in [0, 0.05) is 0 Å². The van der Waals surface area contributed by atoms with Crippen LogP contribution in [0.3, 0.4) is 0 Å². The van der Waals surface area contributed by atoms with Crippen molar-refractivity contribution in [2.24, 2.45) is 5.92 Å². The maximum Gasteiger partial charge on any atom is 0.126 e. The molecule has 1 aliphatic rings. The number of quaternary nitrogens is 1. The largest absolute Gasteiger partial charge is 0.385 e. The van der Waals surface area contributed by atoms with Crippen molar-refractivity contribution in [1.29, 1.82) is 0 Å². The second kappa shape index (κ2) is 11.2. The highest BCUT2D eigenvalue weighted by atomic mass is 16.5. The van der Waals surface area contributed by atoms with E-state index in [2.05, 4.69) is 54.6 Å². The number of hydrogen-bond donors (Lipinski definition) is 2. The summed E-state index contributed by atoms with van der Waals surface area (Å²) >= 11 is 0. The van der Waals surface area contributed by atoms with Crippen LogP contribution in [0.25, 0.3) is 0 Å². The Labute approximate surface area is 186 Å². The van der Waals surface area contributed by atoms with E-state index in [1.54, 1.807) is 0 Å². The monoisotopic (exact) mass is 416 g/mol. The van der Waals surface area contributed by atoms with Gasteiger partial charge in [0.05, 0.1) is 19.7 Å². The minimum Gasteiger partial charge on any atom is -0.385 e. The molecule has 4 rings (SSSR count). The third-order valence-electron chi connectivity index (χ3n) is 6.36. The van der Waals surface area contributed by atoms with Crippen molar-refractivity contribution in [1.82, 2.24) is 0 Å². The molecule has 0 radical (unpaired) electrons. The van der Waals surface area contributed by atoms with Gasteiger partial charge in [0.15, 0.2) is 0 Å². The second-order valence-electron chi connectivity index (χ2n) is 8.78.